The third-order valence-corrected chi connectivity index (χ3v) is 5.76. The number of aryl methyl sites for hydroxylation is 1. The van der Waals surface area contributed by atoms with E-state index < -0.39 is 0 Å². The van der Waals surface area contributed by atoms with Crippen LogP contribution in [0.1, 0.15) is 24.0 Å². The molecule has 0 saturated carbocycles. The summed E-state index contributed by atoms with van der Waals surface area (Å²) >= 11 is 0. The van der Waals surface area contributed by atoms with Gasteiger partial charge < -0.3 is 9.30 Å². The fraction of sp³-hybridized carbons (Fsp3) is 0.292. The number of benzene rings is 2. The maximum Gasteiger partial charge on any atom is 0.337 e. The normalized spacial score (nSPS) is 16.2. The van der Waals surface area contributed by atoms with Gasteiger partial charge in [0.25, 0.3) is 5.56 Å². The van der Waals surface area contributed by atoms with Gasteiger partial charge in [-0.3, -0.25) is 9.36 Å². The molecule has 2 aromatic heterocycles. The number of fused-ring (bicyclic) bond motifs is 1. The second-order valence-corrected chi connectivity index (χ2v) is 8.04. The van der Waals surface area contributed by atoms with E-state index in [2.05, 4.69) is 11.1 Å². The number of nitrogens with zero attached hydrogens (tertiary/aromatic N) is 4. The molecule has 0 amide bonds. The number of para-hydroxylation sites is 1. The van der Waals surface area contributed by atoms with Gasteiger partial charge >= 0.3 is 5.69 Å². The summed E-state index contributed by atoms with van der Waals surface area (Å²) in [5.41, 5.74) is 2.98. The van der Waals surface area contributed by atoms with E-state index in [9.17, 15) is 9.59 Å². The number of rotatable bonds is 5. The number of aromatic nitrogens is 4. The molecule has 4 aromatic rings. The molecule has 3 heterocycles. The molecule has 0 spiro atoms. The maximum atomic E-state index is 13.5. The zero-order valence-electron chi connectivity index (χ0n) is 17.4. The third-order valence-electron chi connectivity index (χ3n) is 5.76. The van der Waals surface area contributed by atoms with Gasteiger partial charge in [-0.05, 0) is 37.5 Å². The fourth-order valence-corrected chi connectivity index (χ4v) is 4.27. The molecular weight excluding hydrogens is 392 g/mol. The maximum absolute atomic E-state index is 13.5. The Balaban J connectivity index is 1.72. The Labute approximate surface area is 179 Å². The quantitative estimate of drug-likeness (QED) is 0.502. The first kappa shape index (κ1) is 19.5. The topological polar surface area (TPSA) is 71.1 Å². The molecular formula is C24H24N4O3. The minimum absolute atomic E-state index is 0.125. The van der Waals surface area contributed by atoms with E-state index in [0.717, 1.165) is 24.0 Å². The second-order valence-electron chi connectivity index (χ2n) is 8.04. The van der Waals surface area contributed by atoms with Crippen LogP contribution < -0.4 is 11.2 Å². The smallest absolute Gasteiger partial charge is 0.337 e. The van der Waals surface area contributed by atoms with Crippen LogP contribution in [0.15, 0.2) is 70.5 Å². The van der Waals surface area contributed by atoms with Gasteiger partial charge in [-0.25, -0.2) is 14.3 Å². The zero-order valence-corrected chi connectivity index (χ0v) is 17.4. The molecule has 1 saturated heterocycles. The summed E-state index contributed by atoms with van der Waals surface area (Å²) in [7, 11) is 0. The van der Waals surface area contributed by atoms with Gasteiger partial charge in [0, 0.05) is 13.2 Å². The van der Waals surface area contributed by atoms with Crippen molar-refractivity contribution in [3.63, 3.8) is 0 Å². The van der Waals surface area contributed by atoms with Crippen molar-refractivity contribution in [3.05, 3.63) is 92.9 Å². The third kappa shape index (κ3) is 3.61. The van der Waals surface area contributed by atoms with Crippen molar-refractivity contribution in [3.8, 4) is 5.69 Å². The predicted octanol–water partition coefficient (Wildman–Crippen LogP) is 2.88. The molecule has 7 heteroatoms. The lowest BCUT2D eigenvalue weighted by atomic mass is 10.1. The van der Waals surface area contributed by atoms with E-state index >= 15 is 0 Å². The molecule has 0 bridgehead atoms. The lowest BCUT2D eigenvalue weighted by Gasteiger charge is -2.15. The molecule has 5 rings (SSSR count). The molecule has 1 aliphatic rings. The summed E-state index contributed by atoms with van der Waals surface area (Å²) < 4.78 is 10.4. The van der Waals surface area contributed by atoms with E-state index in [-0.39, 0.29) is 23.9 Å². The van der Waals surface area contributed by atoms with Crippen molar-refractivity contribution >= 4 is 11.2 Å². The molecule has 2 aromatic carbocycles. The average molecular weight is 416 g/mol. The van der Waals surface area contributed by atoms with Crippen LogP contribution in [0, 0.1) is 6.92 Å². The van der Waals surface area contributed by atoms with E-state index in [0.29, 0.717) is 30.0 Å². The van der Waals surface area contributed by atoms with Gasteiger partial charge in [-0.15, -0.1) is 0 Å². The highest BCUT2D eigenvalue weighted by Gasteiger charge is 2.23. The van der Waals surface area contributed by atoms with Crippen molar-refractivity contribution in [2.45, 2.75) is 39.0 Å². The van der Waals surface area contributed by atoms with Crippen LogP contribution in [0.3, 0.4) is 0 Å². The number of imidazole rings is 1. The van der Waals surface area contributed by atoms with E-state index in [1.165, 1.54) is 9.13 Å². The van der Waals surface area contributed by atoms with Crippen molar-refractivity contribution in [1.29, 1.82) is 0 Å². The minimum atomic E-state index is -0.389. The van der Waals surface area contributed by atoms with Crippen LogP contribution in [-0.2, 0) is 17.8 Å². The fourth-order valence-electron chi connectivity index (χ4n) is 4.27. The summed E-state index contributed by atoms with van der Waals surface area (Å²) in [6.07, 6.45) is 3.31. The Kier molecular flexibility index (Phi) is 5.03. The van der Waals surface area contributed by atoms with Crippen molar-refractivity contribution in [2.75, 3.05) is 6.61 Å². The first-order chi connectivity index (χ1) is 15.1. The zero-order chi connectivity index (χ0) is 21.4. The van der Waals surface area contributed by atoms with Gasteiger partial charge in [-0.1, -0.05) is 48.0 Å². The van der Waals surface area contributed by atoms with Crippen molar-refractivity contribution < 1.29 is 4.74 Å². The Morgan fingerprint density at radius 1 is 1.10 bits per heavy atom. The Hall–Kier alpha value is -3.45. The van der Waals surface area contributed by atoms with Crippen LogP contribution >= 0.6 is 0 Å². The van der Waals surface area contributed by atoms with Crippen LogP contribution in [0.25, 0.3) is 16.9 Å². The highest BCUT2D eigenvalue weighted by atomic mass is 16.5. The summed E-state index contributed by atoms with van der Waals surface area (Å²) in [4.78, 5) is 31.4. The highest BCUT2D eigenvalue weighted by Crippen LogP contribution is 2.17. The number of hydrogen-bond acceptors (Lipinski definition) is 4. The average Bonchev–Trinajstić information content (AvgIpc) is 3.42. The molecule has 1 atom stereocenters. The summed E-state index contributed by atoms with van der Waals surface area (Å²) in [5.74, 6) is 0. The summed E-state index contributed by atoms with van der Waals surface area (Å²) in [6.45, 7) is 3.45. The monoisotopic (exact) mass is 416 g/mol. The predicted molar refractivity (Wildman–Crippen MR) is 119 cm³/mol. The number of ether oxygens (including phenoxy) is 1. The standard InChI is InChI=1S/C24H24N4O3/c1-17-7-5-8-18(13-17)14-26-16-25-22-21(26)23(29)27(15-20-11-6-12-31-20)24(30)28(22)19-9-3-2-4-10-19/h2-5,7-10,13,16,20H,6,11-12,14-15H2,1H3. The number of hydrogen-bond donors (Lipinski definition) is 0. The van der Waals surface area contributed by atoms with Gasteiger partial charge in [0.2, 0.25) is 0 Å². The van der Waals surface area contributed by atoms with Gasteiger partial charge in [-0.2, -0.15) is 0 Å². The first-order valence-electron chi connectivity index (χ1n) is 10.5. The Morgan fingerprint density at radius 3 is 2.68 bits per heavy atom. The van der Waals surface area contributed by atoms with Crippen molar-refractivity contribution in [1.82, 2.24) is 18.7 Å². The van der Waals surface area contributed by atoms with Crippen LogP contribution in [0.5, 0.6) is 0 Å². The Bertz CT molecular complexity index is 1350. The minimum Gasteiger partial charge on any atom is -0.376 e. The van der Waals surface area contributed by atoms with Crippen LogP contribution in [0.2, 0.25) is 0 Å². The van der Waals surface area contributed by atoms with Gasteiger partial charge in [0.15, 0.2) is 11.2 Å². The van der Waals surface area contributed by atoms with E-state index in [4.69, 9.17) is 4.74 Å². The van der Waals surface area contributed by atoms with Crippen LogP contribution in [-0.4, -0.2) is 31.4 Å². The summed E-state index contributed by atoms with van der Waals surface area (Å²) in [5, 5.41) is 0. The lowest BCUT2D eigenvalue weighted by molar-refractivity contribution is 0.0950. The molecule has 158 valence electrons. The Morgan fingerprint density at radius 2 is 1.94 bits per heavy atom. The lowest BCUT2D eigenvalue weighted by Crippen LogP contribution is -2.42. The largest absolute Gasteiger partial charge is 0.376 e. The van der Waals surface area contributed by atoms with Crippen molar-refractivity contribution in [2.24, 2.45) is 0 Å². The summed E-state index contributed by atoms with van der Waals surface area (Å²) in [6, 6.07) is 17.5. The first-order valence-corrected chi connectivity index (χ1v) is 10.5. The molecule has 0 N–H and O–H groups in total. The second kappa shape index (κ2) is 8.00. The SMILES string of the molecule is Cc1cccc(Cn2cnc3c2c(=O)n(CC2CCCO2)c(=O)n3-c2ccccc2)c1. The van der Waals surface area contributed by atoms with Gasteiger partial charge in [0.05, 0.1) is 24.7 Å². The molecule has 0 aliphatic carbocycles. The molecule has 31 heavy (non-hydrogen) atoms. The molecule has 1 unspecified atom stereocenters. The van der Waals surface area contributed by atoms with Crippen LogP contribution in [0.4, 0.5) is 0 Å². The molecule has 7 nitrogen and oxygen atoms in total. The van der Waals surface area contributed by atoms with E-state index in [1.54, 1.807) is 6.33 Å². The molecule has 1 aliphatic heterocycles. The molecule has 0 radical (unpaired) electrons. The molecule has 1 fully saturated rings. The van der Waals surface area contributed by atoms with Gasteiger partial charge in [0.1, 0.15) is 0 Å². The highest BCUT2D eigenvalue weighted by molar-refractivity contribution is 5.72. The van der Waals surface area contributed by atoms with E-state index in [1.807, 2.05) is 60.0 Å².